The van der Waals surface area contributed by atoms with Gasteiger partial charge in [0.2, 0.25) is 0 Å². The SMILES string of the molecule is CC(C)C(C(=O)NO)N1CCc2cc(C#Cc3ccc(CN4CCOCC4)cc3)ccc2C1=O. The maximum atomic E-state index is 13.1. The first-order valence-electron chi connectivity index (χ1n) is 11.7. The summed E-state index contributed by atoms with van der Waals surface area (Å²) in [4.78, 5) is 29.1. The smallest absolute Gasteiger partial charge is 0.266 e. The summed E-state index contributed by atoms with van der Waals surface area (Å²) in [7, 11) is 0. The average Bonchev–Trinajstić information content (AvgIpc) is 2.85. The van der Waals surface area contributed by atoms with Gasteiger partial charge in [-0.05, 0) is 53.8 Å². The number of hydroxylamine groups is 1. The number of hydrogen-bond donors (Lipinski definition) is 2. The van der Waals surface area contributed by atoms with E-state index in [4.69, 9.17) is 9.94 Å². The van der Waals surface area contributed by atoms with Crippen LogP contribution < -0.4 is 5.48 Å². The third kappa shape index (κ3) is 5.48. The van der Waals surface area contributed by atoms with Crippen LogP contribution >= 0.6 is 0 Å². The van der Waals surface area contributed by atoms with Crippen molar-refractivity contribution in [3.05, 3.63) is 70.3 Å². The number of ether oxygens (including phenoxy) is 1. The molecule has 2 aromatic carbocycles. The van der Waals surface area contributed by atoms with Crippen molar-refractivity contribution < 1.29 is 19.5 Å². The van der Waals surface area contributed by atoms with E-state index in [1.165, 1.54) is 5.56 Å². The van der Waals surface area contributed by atoms with Crippen molar-refractivity contribution in [2.45, 2.75) is 32.9 Å². The molecule has 2 aromatic rings. The van der Waals surface area contributed by atoms with Gasteiger partial charge in [0.05, 0.1) is 13.2 Å². The van der Waals surface area contributed by atoms with E-state index in [9.17, 15) is 9.59 Å². The predicted octanol–water partition coefficient (Wildman–Crippen LogP) is 2.45. The Balaban J connectivity index is 1.44. The zero-order valence-electron chi connectivity index (χ0n) is 19.7. The molecule has 2 aliphatic heterocycles. The van der Waals surface area contributed by atoms with Gasteiger partial charge in [0, 0.05) is 42.9 Å². The molecule has 7 nitrogen and oxygen atoms in total. The first-order chi connectivity index (χ1) is 16.5. The lowest BCUT2D eigenvalue weighted by molar-refractivity contribution is -0.135. The molecule has 1 fully saturated rings. The normalized spacial score (nSPS) is 17.1. The molecule has 0 aliphatic carbocycles. The highest BCUT2D eigenvalue weighted by Gasteiger charge is 2.35. The predicted molar refractivity (Wildman–Crippen MR) is 128 cm³/mol. The van der Waals surface area contributed by atoms with Crippen LogP contribution in [0.5, 0.6) is 0 Å². The van der Waals surface area contributed by atoms with Crippen LogP contribution in [-0.4, -0.2) is 65.7 Å². The van der Waals surface area contributed by atoms with Gasteiger partial charge in [-0.15, -0.1) is 0 Å². The monoisotopic (exact) mass is 461 g/mol. The Bertz CT molecular complexity index is 1100. The molecule has 7 heteroatoms. The van der Waals surface area contributed by atoms with Crippen LogP contribution in [0.1, 0.15) is 46.5 Å². The molecule has 0 spiro atoms. The van der Waals surface area contributed by atoms with Crippen molar-refractivity contribution >= 4 is 11.8 Å². The van der Waals surface area contributed by atoms with Gasteiger partial charge in [0.1, 0.15) is 6.04 Å². The molecule has 1 unspecified atom stereocenters. The largest absolute Gasteiger partial charge is 0.379 e. The number of rotatable bonds is 5. The van der Waals surface area contributed by atoms with Gasteiger partial charge >= 0.3 is 0 Å². The number of morpholine rings is 1. The van der Waals surface area contributed by atoms with Crippen molar-refractivity contribution in [3.63, 3.8) is 0 Å². The summed E-state index contributed by atoms with van der Waals surface area (Å²) in [5.74, 6) is 5.54. The third-order valence-electron chi connectivity index (χ3n) is 6.38. The van der Waals surface area contributed by atoms with E-state index in [0.717, 1.165) is 49.5 Å². The first kappa shape index (κ1) is 24.0. The van der Waals surface area contributed by atoms with E-state index in [-0.39, 0.29) is 11.8 Å². The summed E-state index contributed by atoms with van der Waals surface area (Å²) < 4.78 is 5.40. The first-order valence-corrected chi connectivity index (χ1v) is 11.7. The highest BCUT2D eigenvalue weighted by atomic mass is 16.5. The summed E-state index contributed by atoms with van der Waals surface area (Å²) in [5.41, 5.74) is 6.27. The van der Waals surface area contributed by atoms with E-state index < -0.39 is 11.9 Å². The molecular formula is C27H31N3O4. The summed E-state index contributed by atoms with van der Waals surface area (Å²) in [6.07, 6.45) is 0.634. The van der Waals surface area contributed by atoms with Crippen LogP contribution in [0, 0.1) is 17.8 Å². The van der Waals surface area contributed by atoms with E-state index in [1.54, 1.807) is 16.4 Å². The molecular weight excluding hydrogens is 430 g/mol. The molecule has 178 valence electrons. The minimum Gasteiger partial charge on any atom is -0.379 e. The Morgan fingerprint density at radius 2 is 1.74 bits per heavy atom. The maximum Gasteiger partial charge on any atom is 0.266 e. The number of fused-ring (bicyclic) bond motifs is 1. The van der Waals surface area contributed by atoms with Crippen molar-refractivity contribution in [2.24, 2.45) is 5.92 Å². The van der Waals surface area contributed by atoms with Crippen LogP contribution in [-0.2, 0) is 22.5 Å². The number of hydrogen-bond acceptors (Lipinski definition) is 5. The summed E-state index contributed by atoms with van der Waals surface area (Å²) in [6.45, 7) is 8.58. The van der Waals surface area contributed by atoms with Gasteiger partial charge in [0.15, 0.2) is 0 Å². The van der Waals surface area contributed by atoms with E-state index in [1.807, 2.05) is 38.1 Å². The van der Waals surface area contributed by atoms with Gasteiger partial charge in [0.25, 0.3) is 11.8 Å². The Labute approximate surface area is 200 Å². The highest BCUT2D eigenvalue weighted by Crippen LogP contribution is 2.24. The number of amides is 2. The van der Waals surface area contributed by atoms with Gasteiger partial charge in [-0.2, -0.15) is 0 Å². The van der Waals surface area contributed by atoms with Crippen LogP contribution in [0.25, 0.3) is 0 Å². The molecule has 2 amide bonds. The summed E-state index contributed by atoms with van der Waals surface area (Å²) >= 11 is 0. The Morgan fingerprint density at radius 3 is 2.41 bits per heavy atom. The lowest BCUT2D eigenvalue weighted by Crippen LogP contribution is -2.54. The zero-order chi connectivity index (χ0) is 24.1. The van der Waals surface area contributed by atoms with Crippen LogP contribution in [0.4, 0.5) is 0 Å². The molecule has 0 bridgehead atoms. The number of carbonyl (C=O) groups excluding carboxylic acids is 2. The molecule has 1 atom stereocenters. The second-order valence-corrected chi connectivity index (χ2v) is 9.12. The summed E-state index contributed by atoms with van der Waals surface area (Å²) in [6, 6.07) is 13.2. The fourth-order valence-electron chi connectivity index (χ4n) is 4.58. The zero-order valence-corrected chi connectivity index (χ0v) is 19.7. The average molecular weight is 462 g/mol. The number of carbonyl (C=O) groups is 2. The number of benzene rings is 2. The van der Waals surface area contributed by atoms with E-state index in [0.29, 0.717) is 18.5 Å². The van der Waals surface area contributed by atoms with Crippen molar-refractivity contribution in [1.29, 1.82) is 0 Å². The minimum absolute atomic E-state index is 0.122. The van der Waals surface area contributed by atoms with Crippen LogP contribution in [0.15, 0.2) is 42.5 Å². The molecule has 0 radical (unpaired) electrons. The van der Waals surface area contributed by atoms with Crippen molar-refractivity contribution in [2.75, 3.05) is 32.8 Å². The number of nitrogens with zero attached hydrogens (tertiary/aromatic N) is 2. The third-order valence-corrected chi connectivity index (χ3v) is 6.38. The Kier molecular flexibility index (Phi) is 7.63. The molecule has 2 aliphatic rings. The molecule has 34 heavy (non-hydrogen) atoms. The Hall–Kier alpha value is -3.18. The van der Waals surface area contributed by atoms with Gasteiger partial charge in [-0.1, -0.05) is 37.8 Å². The van der Waals surface area contributed by atoms with Crippen LogP contribution in [0.2, 0.25) is 0 Å². The topological polar surface area (TPSA) is 82.1 Å². The maximum absolute atomic E-state index is 13.1. The van der Waals surface area contributed by atoms with Gasteiger partial charge in [-0.3, -0.25) is 19.7 Å². The number of nitrogens with one attached hydrogen (secondary N) is 1. The molecule has 2 N–H and O–H groups in total. The fraction of sp³-hybridized carbons (Fsp3) is 0.407. The quantitative estimate of drug-likeness (QED) is 0.406. The van der Waals surface area contributed by atoms with Gasteiger partial charge in [-0.25, -0.2) is 5.48 Å². The van der Waals surface area contributed by atoms with Crippen molar-refractivity contribution in [1.82, 2.24) is 15.3 Å². The fourth-order valence-corrected chi connectivity index (χ4v) is 4.58. The van der Waals surface area contributed by atoms with Crippen molar-refractivity contribution in [3.8, 4) is 11.8 Å². The molecule has 2 heterocycles. The molecule has 1 saturated heterocycles. The van der Waals surface area contributed by atoms with Crippen LogP contribution in [0.3, 0.4) is 0 Å². The second-order valence-electron chi connectivity index (χ2n) is 9.12. The molecule has 4 rings (SSSR count). The second kappa shape index (κ2) is 10.8. The van der Waals surface area contributed by atoms with E-state index in [2.05, 4.69) is 28.9 Å². The minimum atomic E-state index is -0.712. The molecule has 0 saturated carbocycles. The summed E-state index contributed by atoms with van der Waals surface area (Å²) in [5, 5.41) is 9.09. The highest BCUT2D eigenvalue weighted by molar-refractivity contribution is 5.99. The standard InChI is InChI=1S/C27H31N3O4/c1-19(2)25(26(31)28-33)30-12-11-23-17-21(9-10-24(23)27(30)32)6-3-20-4-7-22(8-5-20)18-29-13-15-34-16-14-29/h4-5,7-10,17,19,25,33H,11-16,18H2,1-2H3,(H,28,31). The molecule has 0 aromatic heterocycles. The van der Waals surface area contributed by atoms with Gasteiger partial charge < -0.3 is 9.64 Å². The van der Waals surface area contributed by atoms with E-state index >= 15 is 0 Å². The Morgan fingerprint density at radius 1 is 1.06 bits per heavy atom. The lowest BCUT2D eigenvalue weighted by Gasteiger charge is -2.36. The lowest BCUT2D eigenvalue weighted by atomic mass is 9.93.